The Morgan fingerprint density at radius 1 is 1.30 bits per heavy atom. The maximum atomic E-state index is 12.6. The number of nitrogens with zero attached hydrogens (tertiary/aromatic N) is 1. The molecule has 4 fully saturated rings. The largest absolute Gasteiger partial charge is 0.359 e. The van der Waals surface area contributed by atoms with E-state index in [1.807, 2.05) is 0 Å². The van der Waals surface area contributed by atoms with Crippen LogP contribution in [0.2, 0.25) is 0 Å². The third-order valence-corrected chi connectivity index (χ3v) is 6.51. The van der Waals surface area contributed by atoms with Crippen molar-refractivity contribution < 1.29 is 9.59 Å². The number of urea groups is 1. The van der Waals surface area contributed by atoms with Crippen LogP contribution in [0.1, 0.15) is 39.5 Å². The molecule has 4 atom stereocenters. The van der Waals surface area contributed by atoms with Gasteiger partial charge in [0.1, 0.15) is 0 Å². The lowest BCUT2D eigenvalue weighted by Crippen LogP contribution is -2.59. The second-order valence-electron chi connectivity index (χ2n) is 8.02. The third kappa shape index (κ3) is 2.74. The Labute approximate surface area is 138 Å². The van der Waals surface area contributed by atoms with Gasteiger partial charge in [-0.3, -0.25) is 4.79 Å². The summed E-state index contributed by atoms with van der Waals surface area (Å²) in [7, 11) is 1.65. The summed E-state index contributed by atoms with van der Waals surface area (Å²) in [4.78, 5) is 26.2. The van der Waals surface area contributed by atoms with E-state index in [0.29, 0.717) is 23.8 Å². The van der Waals surface area contributed by atoms with Crippen LogP contribution in [0.25, 0.3) is 0 Å². The molecule has 4 rings (SSSR count). The Balaban J connectivity index is 1.58. The zero-order chi connectivity index (χ0) is 16.8. The monoisotopic (exact) mass is 319 g/mol. The van der Waals surface area contributed by atoms with Gasteiger partial charge >= 0.3 is 6.03 Å². The first-order valence-electron chi connectivity index (χ1n) is 8.80. The number of piperidine rings is 1. The fraction of sp³-hybridized carbons (Fsp3) is 0.778. The summed E-state index contributed by atoms with van der Waals surface area (Å²) in [5, 5.41) is 5.86. The molecular weight excluding hydrogens is 290 g/mol. The number of fused-ring (bicyclic) bond motifs is 2. The Bertz CT molecular complexity index is 528. The Morgan fingerprint density at radius 3 is 2.65 bits per heavy atom. The van der Waals surface area contributed by atoms with E-state index in [0.717, 1.165) is 25.8 Å². The molecule has 3 amide bonds. The zero-order valence-corrected chi connectivity index (χ0v) is 14.5. The molecule has 3 saturated carbocycles. The second-order valence-corrected chi connectivity index (χ2v) is 8.02. The number of carbonyl (C=O) groups is 2. The number of likely N-dealkylation sites (tertiary alicyclic amines) is 1. The number of amides is 3. The van der Waals surface area contributed by atoms with Crippen LogP contribution in [0.3, 0.4) is 0 Å². The van der Waals surface area contributed by atoms with Crippen molar-refractivity contribution >= 4 is 11.9 Å². The molecule has 128 valence electrons. The molecule has 0 aromatic rings. The number of hydrogen-bond donors (Lipinski definition) is 2. The van der Waals surface area contributed by atoms with E-state index >= 15 is 0 Å². The van der Waals surface area contributed by atoms with Crippen LogP contribution >= 0.6 is 0 Å². The van der Waals surface area contributed by atoms with Gasteiger partial charge in [0.05, 0.1) is 12.0 Å². The van der Waals surface area contributed by atoms with E-state index < -0.39 is 0 Å². The number of hydrogen-bond acceptors (Lipinski definition) is 2. The van der Waals surface area contributed by atoms with E-state index in [-0.39, 0.29) is 23.9 Å². The molecule has 0 aromatic heterocycles. The Hall–Kier alpha value is -1.52. The van der Waals surface area contributed by atoms with E-state index in [1.165, 1.54) is 12.0 Å². The topological polar surface area (TPSA) is 61.4 Å². The van der Waals surface area contributed by atoms with E-state index in [9.17, 15) is 9.59 Å². The van der Waals surface area contributed by atoms with Crippen LogP contribution in [0.15, 0.2) is 12.2 Å². The van der Waals surface area contributed by atoms with Gasteiger partial charge in [0.15, 0.2) is 0 Å². The molecule has 5 nitrogen and oxygen atoms in total. The maximum absolute atomic E-state index is 12.6. The first-order valence-corrected chi connectivity index (χ1v) is 8.80. The van der Waals surface area contributed by atoms with Crippen molar-refractivity contribution in [2.75, 3.05) is 20.1 Å². The summed E-state index contributed by atoms with van der Waals surface area (Å²) in [5.41, 5.74) is 1.53. The quantitative estimate of drug-likeness (QED) is 0.766. The van der Waals surface area contributed by atoms with Gasteiger partial charge in [0.2, 0.25) is 5.91 Å². The van der Waals surface area contributed by atoms with Crippen molar-refractivity contribution in [2.45, 2.75) is 45.6 Å². The van der Waals surface area contributed by atoms with Crippen LogP contribution < -0.4 is 10.6 Å². The molecule has 0 spiro atoms. The van der Waals surface area contributed by atoms with Crippen molar-refractivity contribution in [2.24, 2.45) is 23.2 Å². The SMILES string of the molecule is C=C1C(NC(=O)N2CCCC(C(=O)NC)C2)C[C@H]2C[C@@H]1C2(C)C. The summed E-state index contributed by atoms with van der Waals surface area (Å²) < 4.78 is 0. The number of nitrogens with one attached hydrogen (secondary N) is 2. The van der Waals surface area contributed by atoms with Crippen LogP contribution in [0.5, 0.6) is 0 Å². The lowest BCUT2D eigenvalue weighted by Gasteiger charge is -2.60. The van der Waals surface area contributed by atoms with Crippen molar-refractivity contribution in [1.82, 2.24) is 15.5 Å². The number of rotatable bonds is 2. The molecule has 1 saturated heterocycles. The fourth-order valence-electron chi connectivity index (χ4n) is 4.70. The Morgan fingerprint density at radius 2 is 2.04 bits per heavy atom. The highest BCUT2D eigenvalue weighted by Gasteiger charge is 2.55. The predicted molar refractivity (Wildman–Crippen MR) is 89.8 cm³/mol. The molecule has 1 heterocycles. The first kappa shape index (κ1) is 16.3. The van der Waals surface area contributed by atoms with Gasteiger partial charge in [-0.15, -0.1) is 0 Å². The van der Waals surface area contributed by atoms with Gasteiger partial charge in [-0.05, 0) is 42.9 Å². The molecule has 2 unspecified atom stereocenters. The maximum Gasteiger partial charge on any atom is 0.317 e. The van der Waals surface area contributed by atoms with E-state index in [2.05, 4.69) is 31.1 Å². The molecule has 2 bridgehead atoms. The smallest absolute Gasteiger partial charge is 0.317 e. The minimum Gasteiger partial charge on any atom is -0.359 e. The summed E-state index contributed by atoms with van der Waals surface area (Å²) in [6.07, 6.45) is 3.97. The zero-order valence-electron chi connectivity index (χ0n) is 14.5. The standard InChI is InChI=1S/C18H29N3O2/c1-11-14-8-13(18(14,2)3)9-15(11)20-17(23)21-7-5-6-12(10-21)16(22)19-4/h12-15H,1,5-10H2,2-4H3,(H,19,22)(H,20,23)/t12?,13-,14+,15?/m1/s1. The van der Waals surface area contributed by atoms with Gasteiger partial charge in [-0.2, -0.15) is 0 Å². The lowest BCUT2D eigenvalue weighted by atomic mass is 9.46. The molecule has 23 heavy (non-hydrogen) atoms. The summed E-state index contributed by atoms with van der Waals surface area (Å²) in [5.74, 6) is 1.17. The molecule has 0 aromatic carbocycles. The van der Waals surface area contributed by atoms with E-state index in [1.54, 1.807) is 11.9 Å². The molecule has 2 N–H and O–H groups in total. The predicted octanol–water partition coefficient (Wildman–Crippen LogP) is 2.14. The van der Waals surface area contributed by atoms with Gasteiger partial charge in [-0.1, -0.05) is 26.0 Å². The average molecular weight is 319 g/mol. The van der Waals surface area contributed by atoms with E-state index in [4.69, 9.17) is 0 Å². The van der Waals surface area contributed by atoms with Gasteiger partial charge in [0.25, 0.3) is 0 Å². The van der Waals surface area contributed by atoms with Crippen LogP contribution in [0, 0.1) is 23.2 Å². The summed E-state index contributed by atoms with van der Waals surface area (Å²) in [6, 6.07) is 0.0588. The van der Waals surface area contributed by atoms with Gasteiger partial charge in [-0.25, -0.2) is 4.79 Å². The average Bonchev–Trinajstić information content (AvgIpc) is 2.55. The molecule has 4 aliphatic rings. The summed E-state index contributed by atoms with van der Waals surface area (Å²) >= 11 is 0. The highest BCUT2D eigenvalue weighted by molar-refractivity contribution is 5.80. The molecule has 3 aliphatic carbocycles. The van der Waals surface area contributed by atoms with Crippen LogP contribution in [-0.4, -0.2) is 43.0 Å². The Kier molecular flexibility index (Phi) is 4.15. The van der Waals surface area contributed by atoms with Crippen molar-refractivity contribution in [3.05, 3.63) is 12.2 Å². The first-order chi connectivity index (χ1) is 10.8. The molecule has 1 aliphatic heterocycles. The minimum atomic E-state index is -0.0820. The highest BCUT2D eigenvalue weighted by atomic mass is 16.2. The lowest BCUT2D eigenvalue weighted by molar-refractivity contribution is -0.125. The molecule has 5 heteroatoms. The third-order valence-electron chi connectivity index (χ3n) is 6.51. The van der Waals surface area contributed by atoms with Gasteiger partial charge < -0.3 is 15.5 Å². The van der Waals surface area contributed by atoms with Crippen molar-refractivity contribution in [3.63, 3.8) is 0 Å². The molecular formula is C18H29N3O2. The highest BCUT2D eigenvalue weighted by Crippen LogP contribution is 2.60. The summed E-state index contributed by atoms with van der Waals surface area (Å²) in [6.45, 7) is 10.1. The molecule has 0 radical (unpaired) electrons. The van der Waals surface area contributed by atoms with Gasteiger partial charge in [0, 0.05) is 20.1 Å². The number of carbonyl (C=O) groups excluding carboxylic acids is 2. The normalized spacial score (nSPS) is 35.3. The van der Waals surface area contributed by atoms with Crippen molar-refractivity contribution in [3.8, 4) is 0 Å². The minimum absolute atomic E-state index is 0.0348. The fourth-order valence-corrected chi connectivity index (χ4v) is 4.70. The van der Waals surface area contributed by atoms with Crippen LogP contribution in [0.4, 0.5) is 4.79 Å². The van der Waals surface area contributed by atoms with Crippen molar-refractivity contribution in [1.29, 1.82) is 0 Å². The van der Waals surface area contributed by atoms with Crippen LogP contribution in [-0.2, 0) is 4.79 Å². The second kappa shape index (κ2) is 5.84.